The summed E-state index contributed by atoms with van der Waals surface area (Å²) < 4.78 is 5.33. The summed E-state index contributed by atoms with van der Waals surface area (Å²) in [5, 5.41) is 3.22. The first-order valence-corrected chi connectivity index (χ1v) is 5.76. The number of benzene rings is 1. The molecule has 1 N–H and O–H groups in total. The predicted octanol–water partition coefficient (Wildman–Crippen LogP) is 1.72. The summed E-state index contributed by atoms with van der Waals surface area (Å²) in [5.41, 5.74) is 1.15. The highest BCUT2D eigenvalue weighted by atomic mass is 16.5. The maximum Gasteiger partial charge on any atom is 0.193 e. The fraction of sp³-hybridized carbons (Fsp3) is 0.462. The molecule has 0 amide bonds. The van der Waals surface area contributed by atoms with Gasteiger partial charge in [0.1, 0.15) is 5.75 Å². The minimum atomic E-state index is 0.768. The van der Waals surface area contributed by atoms with E-state index in [1.165, 1.54) is 0 Å². The third-order valence-electron chi connectivity index (χ3n) is 2.51. The maximum absolute atomic E-state index is 5.33. The van der Waals surface area contributed by atoms with Crippen molar-refractivity contribution < 1.29 is 4.74 Å². The van der Waals surface area contributed by atoms with Crippen LogP contribution in [0.3, 0.4) is 0 Å². The molecular formula is C13H21N3O. The quantitative estimate of drug-likeness (QED) is 0.638. The molecule has 0 aliphatic rings. The second-order valence-corrected chi connectivity index (χ2v) is 3.75. The van der Waals surface area contributed by atoms with Gasteiger partial charge in [0.15, 0.2) is 5.96 Å². The van der Waals surface area contributed by atoms with Crippen molar-refractivity contribution in [1.82, 2.24) is 10.2 Å². The zero-order chi connectivity index (χ0) is 12.7. The Hall–Kier alpha value is -1.71. The molecule has 0 spiro atoms. The van der Waals surface area contributed by atoms with Gasteiger partial charge in [0.05, 0.1) is 7.11 Å². The SMILES string of the molecule is CCNC(=NC)N(C)Cc1ccccc1OC. The van der Waals surface area contributed by atoms with Gasteiger partial charge in [-0.25, -0.2) is 0 Å². The molecule has 0 bridgehead atoms. The van der Waals surface area contributed by atoms with E-state index in [0.29, 0.717) is 0 Å². The first kappa shape index (κ1) is 13.4. The number of nitrogens with zero attached hydrogens (tertiary/aromatic N) is 2. The van der Waals surface area contributed by atoms with E-state index in [-0.39, 0.29) is 0 Å². The average molecular weight is 235 g/mol. The van der Waals surface area contributed by atoms with Crippen molar-refractivity contribution in [2.75, 3.05) is 27.7 Å². The summed E-state index contributed by atoms with van der Waals surface area (Å²) in [7, 11) is 5.49. The lowest BCUT2D eigenvalue weighted by atomic mass is 10.2. The van der Waals surface area contributed by atoms with E-state index >= 15 is 0 Å². The number of para-hydroxylation sites is 1. The molecule has 0 heterocycles. The van der Waals surface area contributed by atoms with Gasteiger partial charge in [-0.3, -0.25) is 4.99 Å². The van der Waals surface area contributed by atoms with Crippen molar-refractivity contribution >= 4 is 5.96 Å². The van der Waals surface area contributed by atoms with Gasteiger partial charge in [0.2, 0.25) is 0 Å². The van der Waals surface area contributed by atoms with Crippen LogP contribution < -0.4 is 10.1 Å². The molecule has 0 fully saturated rings. The lowest BCUT2D eigenvalue weighted by molar-refractivity contribution is 0.396. The third kappa shape index (κ3) is 3.66. The molecule has 94 valence electrons. The van der Waals surface area contributed by atoms with Crippen LogP contribution >= 0.6 is 0 Å². The van der Waals surface area contributed by atoms with Gasteiger partial charge in [-0.1, -0.05) is 18.2 Å². The number of nitrogens with one attached hydrogen (secondary N) is 1. The van der Waals surface area contributed by atoms with Crippen LogP contribution in [0.2, 0.25) is 0 Å². The van der Waals surface area contributed by atoms with Crippen LogP contribution in [-0.4, -0.2) is 38.6 Å². The van der Waals surface area contributed by atoms with E-state index in [4.69, 9.17) is 4.74 Å². The number of rotatable bonds is 4. The van der Waals surface area contributed by atoms with Gasteiger partial charge < -0.3 is 15.0 Å². The molecule has 1 aromatic rings. The second-order valence-electron chi connectivity index (χ2n) is 3.75. The number of hydrogen-bond acceptors (Lipinski definition) is 2. The molecule has 0 aromatic heterocycles. The van der Waals surface area contributed by atoms with E-state index in [9.17, 15) is 0 Å². The molecule has 0 aliphatic heterocycles. The highest BCUT2D eigenvalue weighted by molar-refractivity contribution is 5.79. The largest absolute Gasteiger partial charge is 0.496 e. The summed E-state index contributed by atoms with van der Waals surface area (Å²) in [6.07, 6.45) is 0. The van der Waals surface area contributed by atoms with Gasteiger partial charge in [-0.2, -0.15) is 0 Å². The monoisotopic (exact) mass is 235 g/mol. The molecule has 4 heteroatoms. The molecule has 1 aromatic carbocycles. The molecule has 0 atom stereocenters. The lowest BCUT2D eigenvalue weighted by Gasteiger charge is -2.22. The standard InChI is InChI=1S/C13H21N3O/c1-5-15-13(14-2)16(3)10-11-8-6-7-9-12(11)17-4/h6-9H,5,10H2,1-4H3,(H,14,15). The van der Waals surface area contributed by atoms with Crippen LogP contribution in [0.4, 0.5) is 0 Å². The van der Waals surface area contributed by atoms with Crippen molar-refractivity contribution in [1.29, 1.82) is 0 Å². The summed E-state index contributed by atoms with van der Waals surface area (Å²) in [5.74, 6) is 1.80. The zero-order valence-electron chi connectivity index (χ0n) is 11.0. The average Bonchev–Trinajstić information content (AvgIpc) is 2.36. The van der Waals surface area contributed by atoms with Crippen LogP contribution in [0.5, 0.6) is 5.75 Å². The van der Waals surface area contributed by atoms with Crippen LogP contribution in [0.15, 0.2) is 29.3 Å². The topological polar surface area (TPSA) is 36.9 Å². The first-order chi connectivity index (χ1) is 8.22. The summed E-state index contributed by atoms with van der Waals surface area (Å²) in [6.45, 7) is 3.69. The molecule has 0 aliphatic carbocycles. The van der Waals surface area contributed by atoms with Gasteiger partial charge in [0, 0.05) is 32.7 Å². The van der Waals surface area contributed by atoms with Gasteiger partial charge in [0.25, 0.3) is 0 Å². The molecule has 0 unspecified atom stereocenters. The summed E-state index contributed by atoms with van der Waals surface area (Å²) >= 11 is 0. The van der Waals surface area contributed by atoms with Crippen molar-refractivity contribution in [3.63, 3.8) is 0 Å². The minimum Gasteiger partial charge on any atom is -0.496 e. The van der Waals surface area contributed by atoms with Crippen LogP contribution in [0.25, 0.3) is 0 Å². The molecule has 17 heavy (non-hydrogen) atoms. The van der Waals surface area contributed by atoms with Crippen molar-refractivity contribution in [2.24, 2.45) is 4.99 Å². The number of hydrogen-bond donors (Lipinski definition) is 1. The van der Waals surface area contributed by atoms with Gasteiger partial charge >= 0.3 is 0 Å². The summed E-state index contributed by atoms with van der Waals surface area (Å²) in [4.78, 5) is 6.29. The van der Waals surface area contributed by atoms with Crippen LogP contribution in [0, 0.1) is 0 Å². The fourth-order valence-electron chi connectivity index (χ4n) is 1.71. The highest BCUT2D eigenvalue weighted by Crippen LogP contribution is 2.18. The zero-order valence-corrected chi connectivity index (χ0v) is 11.0. The Balaban J connectivity index is 2.76. The molecule has 0 saturated heterocycles. The molecule has 0 saturated carbocycles. The number of ether oxygens (including phenoxy) is 1. The predicted molar refractivity (Wildman–Crippen MR) is 71.5 cm³/mol. The van der Waals surface area contributed by atoms with E-state index in [1.54, 1.807) is 14.2 Å². The summed E-state index contributed by atoms with van der Waals surface area (Å²) in [6, 6.07) is 8.02. The smallest absolute Gasteiger partial charge is 0.193 e. The number of methoxy groups -OCH3 is 1. The third-order valence-corrected chi connectivity index (χ3v) is 2.51. The Bertz CT molecular complexity index is 377. The minimum absolute atomic E-state index is 0.768. The Kier molecular flexibility index (Phi) is 5.33. The van der Waals surface area contributed by atoms with Crippen molar-refractivity contribution in [3.8, 4) is 5.75 Å². The van der Waals surface area contributed by atoms with Crippen molar-refractivity contribution in [2.45, 2.75) is 13.5 Å². The Morgan fingerprint density at radius 1 is 1.41 bits per heavy atom. The van der Waals surface area contributed by atoms with E-state index < -0.39 is 0 Å². The van der Waals surface area contributed by atoms with E-state index in [1.807, 2.05) is 25.2 Å². The molecule has 4 nitrogen and oxygen atoms in total. The fourth-order valence-corrected chi connectivity index (χ4v) is 1.71. The number of guanidine groups is 1. The van der Waals surface area contributed by atoms with E-state index in [0.717, 1.165) is 30.4 Å². The van der Waals surface area contributed by atoms with Crippen molar-refractivity contribution in [3.05, 3.63) is 29.8 Å². The molecule has 1 rings (SSSR count). The highest BCUT2D eigenvalue weighted by Gasteiger charge is 2.08. The Morgan fingerprint density at radius 3 is 2.71 bits per heavy atom. The van der Waals surface area contributed by atoms with Gasteiger partial charge in [-0.05, 0) is 13.0 Å². The maximum atomic E-state index is 5.33. The number of aliphatic imine (C=N–C) groups is 1. The van der Waals surface area contributed by atoms with Crippen LogP contribution in [-0.2, 0) is 6.54 Å². The van der Waals surface area contributed by atoms with Crippen LogP contribution in [0.1, 0.15) is 12.5 Å². The Morgan fingerprint density at radius 2 is 2.12 bits per heavy atom. The Labute approximate surface area is 103 Å². The first-order valence-electron chi connectivity index (χ1n) is 5.76. The second kappa shape index (κ2) is 6.78. The van der Waals surface area contributed by atoms with Gasteiger partial charge in [-0.15, -0.1) is 0 Å². The normalized spacial score (nSPS) is 11.2. The van der Waals surface area contributed by atoms with E-state index in [2.05, 4.69) is 28.2 Å². The molecule has 0 radical (unpaired) electrons. The lowest BCUT2D eigenvalue weighted by Crippen LogP contribution is -2.38. The molecular weight excluding hydrogens is 214 g/mol.